The SMILES string of the molecule is CC(=O)Nc1cc(N)cc([As](=O)(O)OO)c1.c1ccc2[nH]ncc2c1. The van der Waals surface area contributed by atoms with Gasteiger partial charge in [0, 0.05) is 5.39 Å². The Kier molecular flexibility index (Phi) is 6.00. The first kappa shape index (κ1) is 18.8. The van der Waals surface area contributed by atoms with Crippen molar-refractivity contribution in [1.29, 1.82) is 0 Å². The molecule has 0 bridgehead atoms. The standard InChI is InChI=1S/C8H11AsN2O5.C7H6N2/c1-5(12)11-8-3-6(2-7(10)4-8)9(13,14)16-15;1-2-4-7-6(3-1)5-8-9-7/h2-4,15H,10H2,1H3,(H,11,12)(H,13,14);1-5H,(H,8,9). The zero-order valence-electron chi connectivity index (χ0n) is 13.2. The summed E-state index contributed by atoms with van der Waals surface area (Å²) in [4.78, 5) is 10.8. The molecule has 2 aromatic carbocycles. The first-order valence-corrected chi connectivity index (χ1v) is 10.4. The summed E-state index contributed by atoms with van der Waals surface area (Å²) >= 11 is -4.94. The fraction of sp³-hybridized carbons (Fsp3) is 0.0667. The number of aromatic nitrogens is 2. The van der Waals surface area contributed by atoms with Gasteiger partial charge in [-0.25, -0.2) is 0 Å². The van der Waals surface area contributed by atoms with Crippen LogP contribution in [0.15, 0.2) is 48.7 Å². The molecule has 10 heteroatoms. The normalized spacial score (nSPS) is 12.8. The van der Waals surface area contributed by atoms with E-state index in [2.05, 4.69) is 19.4 Å². The molecule has 9 nitrogen and oxygen atoms in total. The van der Waals surface area contributed by atoms with Crippen molar-refractivity contribution in [2.75, 3.05) is 11.1 Å². The predicted molar refractivity (Wildman–Crippen MR) is 93.3 cm³/mol. The number of nitrogen functional groups attached to an aromatic ring is 1. The number of nitrogens with one attached hydrogen (secondary N) is 2. The van der Waals surface area contributed by atoms with Crippen LogP contribution in [0.1, 0.15) is 6.92 Å². The fourth-order valence-electron chi connectivity index (χ4n) is 2.00. The van der Waals surface area contributed by atoms with Crippen molar-refractivity contribution in [2.24, 2.45) is 0 Å². The Morgan fingerprint density at radius 3 is 2.68 bits per heavy atom. The molecule has 0 aliphatic carbocycles. The number of fused-ring (bicyclic) bond motifs is 1. The number of anilines is 2. The van der Waals surface area contributed by atoms with Gasteiger partial charge in [-0.3, -0.25) is 5.10 Å². The summed E-state index contributed by atoms with van der Waals surface area (Å²) in [5, 5.41) is 18.6. The van der Waals surface area contributed by atoms with E-state index < -0.39 is 14.2 Å². The Hall–Kier alpha value is -2.58. The largest absolute Gasteiger partial charge is 0.278 e. The molecule has 0 saturated heterocycles. The number of nitrogens with two attached hydrogens (primary N) is 1. The van der Waals surface area contributed by atoms with Crippen LogP contribution in [0.2, 0.25) is 0 Å². The maximum atomic E-state index is 11.4. The first-order valence-electron chi connectivity index (χ1n) is 7.04. The van der Waals surface area contributed by atoms with Crippen LogP contribution in [0, 0.1) is 0 Å². The first-order chi connectivity index (χ1) is 11.8. The molecule has 0 radical (unpaired) electrons. The number of nitrogens with zero attached hydrogens (tertiary/aromatic N) is 1. The second kappa shape index (κ2) is 8.00. The quantitative estimate of drug-likeness (QED) is 0.187. The van der Waals surface area contributed by atoms with E-state index in [0.29, 0.717) is 0 Å². The second-order valence-electron chi connectivity index (χ2n) is 5.05. The molecule has 1 heterocycles. The van der Waals surface area contributed by atoms with Crippen molar-refractivity contribution in [3.8, 4) is 0 Å². The topological polar surface area (TPSA) is 151 Å². The molecule has 0 aliphatic rings. The molecule has 6 N–H and O–H groups in total. The minimum atomic E-state index is -4.94. The smallest absolute Gasteiger partial charge is 0.0650 e. The third kappa shape index (κ3) is 5.20. The monoisotopic (exact) mass is 408 g/mol. The maximum Gasteiger partial charge on any atom is 0.0650 e. The third-order valence-electron chi connectivity index (χ3n) is 3.05. The van der Waals surface area contributed by atoms with Crippen LogP contribution in [-0.2, 0) is 12.4 Å². The van der Waals surface area contributed by atoms with Crippen LogP contribution < -0.4 is 15.4 Å². The van der Waals surface area contributed by atoms with Gasteiger partial charge in [-0.1, -0.05) is 18.2 Å². The summed E-state index contributed by atoms with van der Waals surface area (Å²) in [6.07, 6.45) is 1.81. The van der Waals surface area contributed by atoms with Gasteiger partial charge in [0.05, 0.1) is 11.7 Å². The molecule has 3 aromatic rings. The zero-order valence-corrected chi connectivity index (χ0v) is 15.1. The number of para-hydroxylation sites is 1. The van der Waals surface area contributed by atoms with Crippen molar-refractivity contribution in [3.63, 3.8) is 0 Å². The molecule has 0 aliphatic heterocycles. The Balaban J connectivity index is 0.000000208. The van der Waals surface area contributed by atoms with Gasteiger partial charge in [0.2, 0.25) is 0 Å². The van der Waals surface area contributed by atoms with Gasteiger partial charge in [0.25, 0.3) is 0 Å². The second-order valence-corrected chi connectivity index (χ2v) is 8.66. The molecule has 25 heavy (non-hydrogen) atoms. The van der Waals surface area contributed by atoms with Gasteiger partial charge >= 0.3 is 93.7 Å². The molecular formula is C15H17AsN4O5. The van der Waals surface area contributed by atoms with E-state index in [0.717, 1.165) is 10.9 Å². The summed E-state index contributed by atoms with van der Waals surface area (Å²) in [5.41, 5.74) is 7.00. The minimum Gasteiger partial charge on any atom is -0.278 e. The molecular weight excluding hydrogens is 391 g/mol. The molecule has 0 fully saturated rings. The number of carbonyl (C=O) groups is 1. The molecule has 1 atom stereocenters. The number of carbonyl (C=O) groups excluding carboxylic acids is 1. The van der Waals surface area contributed by atoms with Crippen LogP contribution in [0.4, 0.5) is 11.4 Å². The van der Waals surface area contributed by atoms with Gasteiger partial charge < -0.3 is 0 Å². The predicted octanol–water partition coefficient (Wildman–Crippen LogP) is 0.848. The average Bonchev–Trinajstić information content (AvgIpc) is 3.03. The Labute approximate surface area is 145 Å². The maximum absolute atomic E-state index is 11.4. The van der Waals surface area contributed by atoms with Crippen molar-refractivity contribution >= 4 is 46.7 Å². The van der Waals surface area contributed by atoms with Gasteiger partial charge in [-0.15, -0.1) is 0 Å². The van der Waals surface area contributed by atoms with Gasteiger partial charge in [0.15, 0.2) is 0 Å². The average molecular weight is 408 g/mol. The van der Waals surface area contributed by atoms with Crippen LogP contribution in [0.5, 0.6) is 0 Å². The van der Waals surface area contributed by atoms with Crippen molar-refractivity contribution in [1.82, 2.24) is 10.2 Å². The Morgan fingerprint density at radius 2 is 2.04 bits per heavy atom. The van der Waals surface area contributed by atoms with Crippen LogP contribution in [-0.4, -0.2) is 39.6 Å². The van der Waals surface area contributed by atoms with Crippen molar-refractivity contribution < 1.29 is 21.8 Å². The summed E-state index contributed by atoms with van der Waals surface area (Å²) in [6.45, 7) is 1.29. The molecule has 0 spiro atoms. The van der Waals surface area contributed by atoms with E-state index >= 15 is 0 Å². The van der Waals surface area contributed by atoms with Gasteiger partial charge in [-0.2, -0.15) is 5.10 Å². The number of amides is 1. The number of hydrogen-bond acceptors (Lipinski definition) is 6. The third-order valence-corrected chi connectivity index (χ3v) is 5.42. The molecule has 132 valence electrons. The number of benzene rings is 2. The molecule has 1 aromatic heterocycles. The van der Waals surface area contributed by atoms with Crippen LogP contribution >= 0.6 is 0 Å². The molecule has 3 rings (SSSR count). The summed E-state index contributed by atoms with van der Waals surface area (Å²) in [6, 6.07) is 11.8. The number of hydrogen-bond donors (Lipinski definition) is 5. The summed E-state index contributed by atoms with van der Waals surface area (Å²) in [5.74, 6) is -0.346. The van der Waals surface area contributed by atoms with E-state index in [1.54, 1.807) is 0 Å². The van der Waals surface area contributed by atoms with E-state index in [1.807, 2.05) is 30.5 Å². The van der Waals surface area contributed by atoms with Crippen molar-refractivity contribution in [3.05, 3.63) is 48.7 Å². The van der Waals surface area contributed by atoms with E-state index in [1.165, 1.54) is 25.1 Å². The molecule has 1 amide bonds. The Bertz CT molecular complexity index is 897. The fourth-order valence-corrected chi connectivity index (χ4v) is 3.49. The summed E-state index contributed by atoms with van der Waals surface area (Å²) in [7, 11) is 0. The van der Waals surface area contributed by atoms with Crippen LogP contribution in [0.25, 0.3) is 10.9 Å². The van der Waals surface area contributed by atoms with Gasteiger partial charge in [0.1, 0.15) is 0 Å². The molecule has 1 unspecified atom stereocenters. The zero-order chi connectivity index (χ0) is 18.4. The van der Waals surface area contributed by atoms with E-state index in [4.69, 9.17) is 11.0 Å². The Morgan fingerprint density at radius 1 is 1.32 bits per heavy atom. The van der Waals surface area contributed by atoms with Crippen molar-refractivity contribution in [2.45, 2.75) is 6.92 Å². The number of H-pyrrole nitrogens is 1. The number of rotatable bonds is 3. The molecule has 0 saturated carbocycles. The summed E-state index contributed by atoms with van der Waals surface area (Å²) < 4.78 is 24.0. The van der Waals surface area contributed by atoms with Crippen LogP contribution in [0.3, 0.4) is 0 Å². The van der Waals surface area contributed by atoms with E-state index in [-0.39, 0.29) is 21.6 Å². The number of aromatic amines is 1. The minimum absolute atomic E-state index is 0.149. The van der Waals surface area contributed by atoms with Gasteiger partial charge in [-0.05, 0) is 6.07 Å². The van der Waals surface area contributed by atoms with E-state index in [9.17, 15) is 12.6 Å².